The van der Waals surface area contributed by atoms with Gasteiger partial charge in [-0.25, -0.2) is 0 Å². The molecule has 4 nitrogen and oxygen atoms in total. The van der Waals surface area contributed by atoms with E-state index in [0.29, 0.717) is 12.1 Å². The van der Waals surface area contributed by atoms with Crippen molar-refractivity contribution in [2.45, 2.75) is 38.4 Å². The Morgan fingerprint density at radius 3 is 3.06 bits per heavy atom. The van der Waals surface area contributed by atoms with Gasteiger partial charge in [0.1, 0.15) is 5.76 Å². The molecule has 96 valence electrons. The Hall–Kier alpha value is -0.840. The van der Waals surface area contributed by atoms with Crippen LogP contribution in [0.3, 0.4) is 0 Å². The van der Waals surface area contributed by atoms with E-state index >= 15 is 0 Å². The van der Waals surface area contributed by atoms with Crippen molar-refractivity contribution in [2.75, 3.05) is 19.8 Å². The molecule has 1 saturated heterocycles. The maximum atomic E-state index is 5.45. The fourth-order valence-electron chi connectivity index (χ4n) is 2.31. The zero-order valence-corrected chi connectivity index (χ0v) is 10.6. The second kappa shape index (κ2) is 6.19. The highest BCUT2D eigenvalue weighted by atomic mass is 16.5. The fourth-order valence-corrected chi connectivity index (χ4v) is 2.31. The van der Waals surface area contributed by atoms with Crippen molar-refractivity contribution in [3.8, 4) is 0 Å². The summed E-state index contributed by atoms with van der Waals surface area (Å²) in [7, 11) is 0. The Bertz CT molecular complexity index is 307. The van der Waals surface area contributed by atoms with Crippen LogP contribution in [0.1, 0.15) is 32.1 Å². The quantitative estimate of drug-likeness (QED) is 0.819. The van der Waals surface area contributed by atoms with Crippen molar-refractivity contribution in [1.29, 1.82) is 0 Å². The predicted molar refractivity (Wildman–Crippen MR) is 66.9 cm³/mol. The first-order valence-electron chi connectivity index (χ1n) is 6.36. The predicted octanol–water partition coefficient (Wildman–Crippen LogP) is 1.70. The van der Waals surface area contributed by atoms with E-state index in [2.05, 4.69) is 24.5 Å². The molecule has 0 radical (unpaired) electrons. The van der Waals surface area contributed by atoms with Gasteiger partial charge in [0.25, 0.3) is 0 Å². The van der Waals surface area contributed by atoms with Crippen LogP contribution < -0.4 is 10.6 Å². The second-order valence-electron chi connectivity index (χ2n) is 4.77. The van der Waals surface area contributed by atoms with Crippen LogP contribution in [0, 0.1) is 0 Å². The molecule has 4 heteroatoms. The van der Waals surface area contributed by atoms with Crippen molar-refractivity contribution in [3.05, 3.63) is 24.2 Å². The Morgan fingerprint density at radius 2 is 2.41 bits per heavy atom. The number of rotatable bonds is 5. The molecule has 3 atom stereocenters. The molecule has 2 unspecified atom stereocenters. The van der Waals surface area contributed by atoms with Gasteiger partial charge in [0.05, 0.1) is 25.5 Å². The lowest BCUT2D eigenvalue weighted by Crippen LogP contribution is -2.45. The molecule has 0 bridgehead atoms. The van der Waals surface area contributed by atoms with Crippen molar-refractivity contribution >= 4 is 0 Å². The second-order valence-corrected chi connectivity index (χ2v) is 4.77. The average molecular weight is 238 g/mol. The SMILES string of the molecule is CC(CC1COCCN1)N[C@@H](C)c1ccco1. The minimum absolute atomic E-state index is 0.254. The van der Waals surface area contributed by atoms with Gasteiger partial charge in [-0.05, 0) is 32.4 Å². The van der Waals surface area contributed by atoms with E-state index < -0.39 is 0 Å². The maximum Gasteiger partial charge on any atom is 0.120 e. The third-order valence-corrected chi connectivity index (χ3v) is 3.14. The van der Waals surface area contributed by atoms with Gasteiger partial charge in [-0.3, -0.25) is 0 Å². The summed E-state index contributed by atoms with van der Waals surface area (Å²) in [6.45, 7) is 6.95. The number of ether oxygens (including phenoxy) is 1. The molecule has 2 heterocycles. The summed E-state index contributed by atoms with van der Waals surface area (Å²) in [5, 5.41) is 7.01. The molecule has 1 aliphatic heterocycles. The molecule has 1 aromatic heterocycles. The standard InChI is InChI=1S/C13H22N2O2/c1-10(8-12-9-16-7-5-14-12)15-11(2)13-4-3-6-17-13/h3-4,6,10-12,14-15H,5,7-9H2,1-2H3/t10?,11-,12?/m0/s1. The first-order chi connectivity index (χ1) is 8.25. The van der Waals surface area contributed by atoms with Gasteiger partial charge in [0, 0.05) is 18.6 Å². The first kappa shape index (κ1) is 12.6. The van der Waals surface area contributed by atoms with Crippen LogP contribution in [-0.2, 0) is 4.74 Å². The normalized spacial score (nSPS) is 24.5. The van der Waals surface area contributed by atoms with Crippen LogP contribution in [0.15, 0.2) is 22.8 Å². The molecule has 2 rings (SSSR count). The van der Waals surface area contributed by atoms with Gasteiger partial charge >= 0.3 is 0 Å². The van der Waals surface area contributed by atoms with Crippen LogP contribution in [0.5, 0.6) is 0 Å². The van der Waals surface area contributed by atoms with Gasteiger partial charge in [-0.2, -0.15) is 0 Å². The van der Waals surface area contributed by atoms with Crippen LogP contribution in [0.25, 0.3) is 0 Å². The summed E-state index contributed by atoms with van der Waals surface area (Å²) in [5.74, 6) is 0.990. The number of furan rings is 1. The average Bonchev–Trinajstić information content (AvgIpc) is 2.83. The van der Waals surface area contributed by atoms with E-state index in [0.717, 1.165) is 31.9 Å². The van der Waals surface area contributed by atoms with Gasteiger partial charge in [0.15, 0.2) is 0 Å². The smallest absolute Gasteiger partial charge is 0.120 e. The van der Waals surface area contributed by atoms with Gasteiger partial charge < -0.3 is 19.8 Å². The van der Waals surface area contributed by atoms with Crippen molar-refractivity contribution < 1.29 is 9.15 Å². The van der Waals surface area contributed by atoms with Crippen LogP contribution in [0.2, 0.25) is 0 Å². The molecule has 0 aliphatic carbocycles. The molecule has 1 fully saturated rings. The molecule has 1 aliphatic rings. The summed E-state index contributed by atoms with van der Waals surface area (Å²) in [6.07, 6.45) is 2.79. The molecule has 0 amide bonds. The third kappa shape index (κ3) is 3.84. The summed E-state index contributed by atoms with van der Waals surface area (Å²) in [4.78, 5) is 0. The Balaban J connectivity index is 1.74. The number of hydrogen-bond donors (Lipinski definition) is 2. The monoisotopic (exact) mass is 238 g/mol. The van der Waals surface area contributed by atoms with Crippen LogP contribution in [-0.4, -0.2) is 31.8 Å². The van der Waals surface area contributed by atoms with Gasteiger partial charge in [-0.15, -0.1) is 0 Å². The zero-order valence-electron chi connectivity index (χ0n) is 10.6. The van der Waals surface area contributed by atoms with E-state index in [4.69, 9.17) is 9.15 Å². The Morgan fingerprint density at radius 1 is 1.53 bits per heavy atom. The largest absolute Gasteiger partial charge is 0.468 e. The Kier molecular flexibility index (Phi) is 4.59. The van der Waals surface area contributed by atoms with E-state index in [1.807, 2.05) is 12.1 Å². The minimum Gasteiger partial charge on any atom is -0.468 e. The fraction of sp³-hybridized carbons (Fsp3) is 0.692. The Labute approximate surface area is 103 Å². The summed E-state index contributed by atoms with van der Waals surface area (Å²) < 4.78 is 10.8. The lowest BCUT2D eigenvalue weighted by molar-refractivity contribution is 0.0707. The third-order valence-electron chi connectivity index (χ3n) is 3.14. The van der Waals surface area contributed by atoms with Crippen molar-refractivity contribution in [3.63, 3.8) is 0 Å². The van der Waals surface area contributed by atoms with E-state index in [1.54, 1.807) is 6.26 Å². The van der Waals surface area contributed by atoms with Crippen LogP contribution in [0.4, 0.5) is 0 Å². The van der Waals surface area contributed by atoms with E-state index in [-0.39, 0.29) is 6.04 Å². The molecule has 1 aromatic rings. The van der Waals surface area contributed by atoms with Gasteiger partial charge in [-0.1, -0.05) is 0 Å². The van der Waals surface area contributed by atoms with Crippen molar-refractivity contribution in [1.82, 2.24) is 10.6 Å². The molecular weight excluding hydrogens is 216 g/mol. The maximum absolute atomic E-state index is 5.45. The van der Waals surface area contributed by atoms with Crippen molar-refractivity contribution in [2.24, 2.45) is 0 Å². The number of nitrogens with one attached hydrogen (secondary N) is 2. The molecule has 17 heavy (non-hydrogen) atoms. The van der Waals surface area contributed by atoms with E-state index in [1.165, 1.54) is 0 Å². The first-order valence-corrected chi connectivity index (χ1v) is 6.36. The number of hydrogen-bond acceptors (Lipinski definition) is 4. The highest BCUT2D eigenvalue weighted by Crippen LogP contribution is 2.14. The summed E-state index contributed by atoms with van der Waals surface area (Å²) >= 11 is 0. The minimum atomic E-state index is 0.254. The number of morpholine rings is 1. The van der Waals surface area contributed by atoms with E-state index in [9.17, 15) is 0 Å². The highest BCUT2D eigenvalue weighted by molar-refractivity contribution is 5.03. The highest BCUT2D eigenvalue weighted by Gasteiger charge is 2.18. The molecular formula is C13H22N2O2. The lowest BCUT2D eigenvalue weighted by atomic mass is 10.1. The molecule has 0 aromatic carbocycles. The van der Waals surface area contributed by atoms with Crippen LogP contribution >= 0.6 is 0 Å². The summed E-state index contributed by atoms with van der Waals surface area (Å²) in [5.41, 5.74) is 0. The zero-order chi connectivity index (χ0) is 12.1. The molecule has 2 N–H and O–H groups in total. The topological polar surface area (TPSA) is 46.4 Å². The molecule has 0 spiro atoms. The lowest BCUT2D eigenvalue weighted by Gasteiger charge is -2.27. The van der Waals surface area contributed by atoms with Gasteiger partial charge in [0.2, 0.25) is 0 Å². The molecule has 0 saturated carbocycles. The summed E-state index contributed by atoms with van der Waals surface area (Å²) in [6, 6.07) is 5.09.